The Kier molecular flexibility index (Phi) is 7.00. The Hall–Kier alpha value is -1.56. The van der Waals surface area contributed by atoms with Crippen LogP contribution in [-0.2, 0) is 4.79 Å². The highest BCUT2D eigenvalue weighted by Gasteiger charge is 2.12. The predicted octanol–water partition coefficient (Wildman–Crippen LogP) is -0.303. The van der Waals surface area contributed by atoms with Crippen molar-refractivity contribution < 1.29 is 19.8 Å². The molecule has 1 unspecified atom stereocenters. The average Bonchev–Trinajstić information content (AvgIpc) is 2.18. The van der Waals surface area contributed by atoms with Crippen LogP contribution in [0.2, 0.25) is 0 Å². The molecule has 6 heteroatoms. The van der Waals surface area contributed by atoms with Gasteiger partial charge in [0.1, 0.15) is 0 Å². The van der Waals surface area contributed by atoms with Gasteiger partial charge in [-0.15, -0.1) is 6.58 Å². The molecule has 86 valence electrons. The summed E-state index contributed by atoms with van der Waals surface area (Å²) in [7, 11) is 0. The smallest absolute Gasteiger partial charge is 0.332 e. The number of hydrogen-bond acceptors (Lipinski definition) is 3. The number of carbonyl (C=O) groups is 2. The lowest BCUT2D eigenvalue weighted by atomic mass is 10.2. The van der Waals surface area contributed by atoms with Crippen molar-refractivity contribution in [2.75, 3.05) is 13.1 Å². The Morgan fingerprint density at radius 2 is 1.93 bits per heavy atom. The topological polar surface area (TPSA) is 98.7 Å². The van der Waals surface area contributed by atoms with E-state index >= 15 is 0 Å². The summed E-state index contributed by atoms with van der Waals surface area (Å²) in [5.41, 5.74) is 0. The molecule has 0 radical (unpaired) electrons. The Morgan fingerprint density at radius 1 is 1.33 bits per heavy atom. The van der Waals surface area contributed by atoms with Crippen LogP contribution in [0.1, 0.15) is 12.8 Å². The van der Waals surface area contributed by atoms with Gasteiger partial charge in [0.15, 0.2) is 6.10 Å². The summed E-state index contributed by atoms with van der Waals surface area (Å²) in [5.74, 6) is -1.29. The molecule has 0 heterocycles. The first-order valence-electron chi connectivity index (χ1n) is 4.61. The van der Waals surface area contributed by atoms with Crippen molar-refractivity contribution in [2.45, 2.75) is 18.9 Å². The predicted molar refractivity (Wildman–Crippen MR) is 54.5 cm³/mol. The number of aliphatic hydroxyl groups excluding tert-OH is 1. The molecule has 15 heavy (non-hydrogen) atoms. The fourth-order valence-corrected chi connectivity index (χ4v) is 0.796. The molecule has 0 fully saturated rings. The van der Waals surface area contributed by atoms with Crippen molar-refractivity contribution in [3.8, 4) is 0 Å². The van der Waals surface area contributed by atoms with Crippen LogP contribution in [-0.4, -0.2) is 41.4 Å². The van der Waals surface area contributed by atoms with Crippen molar-refractivity contribution in [2.24, 2.45) is 0 Å². The van der Waals surface area contributed by atoms with Crippen LogP contribution in [0.4, 0.5) is 4.79 Å². The fraction of sp³-hybridized carbons (Fsp3) is 0.556. The molecule has 0 aliphatic carbocycles. The van der Waals surface area contributed by atoms with Gasteiger partial charge in [0.2, 0.25) is 0 Å². The van der Waals surface area contributed by atoms with Crippen molar-refractivity contribution in [3.63, 3.8) is 0 Å². The van der Waals surface area contributed by atoms with E-state index in [1.54, 1.807) is 6.08 Å². The number of urea groups is 1. The molecule has 0 saturated carbocycles. The second-order valence-corrected chi connectivity index (χ2v) is 2.90. The summed E-state index contributed by atoms with van der Waals surface area (Å²) < 4.78 is 0. The van der Waals surface area contributed by atoms with Crippen LogP contribution in [0.3, 0.4) is 0 Å². The van der Waals surface area contributed by atoms with Gasteiger partial charge in [-0.3, -0.25) is 0 Å². The summed E-state index contributed by atoms with van der Waals surface area (Å²) in [5, 5.41) is 22.2. The molecule has 1 atom stereocenters. The number of nitrogens with one attached hydrogen (secondary N) is 2. The number of rotatable bonds is 7. The number of hydrogen-bond donors (Lipinski definition) is 4. The summed E-state index contributed by atoms with van der Waals surface area (Å²) in [6.07, 6.45) is 0.905. The number of amides is 2. The van der Waals surface area contributed by atoms with E-state index in [1.165, 1.54) is 0 Å². The molecular weight excluding hydrogens is 200 g/mol. The second kappa shape index (κ2) is 7.81. The monoisotopic (exact) mass is 216 g/mol. The molecule has 0 aliphatic rings. The molecule has 4 N–H and O–H groups in total. The van der Waals surface area contributed by atoms with E-state index in [0.717, 1.165) is 0 Å². The largest absolute Gasteiger partial charge is 0.479 e. The van der Waals surface area contributed by atoms with Crippen LogP contribution < -0.4 is 10.6 Å². The van der Waals surface area contributed by atoms with Gasteiger partial charge in [0.25, 0.3) is 0 Å². The Morgan fingerprint density at radius 3 is 2.47 bits per heavy atom. The molecular formula is C9H16N2O4. The zero-order valence-corrected chi connectivity index (χ0v) is 8.40. The fourth-order valence-electron chi connectivity index (χ4n) is 0.796. The van der Waals surface area contributed by atoms with Crippen molar-refractivity contribution in [3.05, 3.63) is 12.7 Å². The second-order valence-electron chi connectivity index (χ2n) is 2.90. The quantitative estimate of drug-likeness (QED) is 0.347. The van der Waals surface area contributed by atoms with Crippen LogP contribution in [0.25, 0.3) is 0 Å². The minimum atomic E-state index is -1.43. The highest BCUT2D eigenvalue weighted by Crippen LogP contribution is 1.88. The van der Waals surface area contributed by atoms with Gasteiger partial charge in [0, 0.05) is 19.5 Å². The van der Waals surface area contributed by atoms with E-state index in [2.05, 4.69) is 17.2 Å². The molecule has 0 spiro atoms. The van der Waals surface area contributed by atoms with E-state index in [0.29, 0.717) is 13.0 Å². The zero-order chi connectivity index (χ0) is 11.7. The van der Waals surface area contributed by atoms with Crippen LogP contribution in [0, 0.1) is 0 Å². The lowest BCUT2D eigenvalue weighted by Gasteiger charge is -2.08. The summed E-state index contributed by atoms with van der Waals surface area (Å²) in [6, 6.07) is -0.380. The maximum absolute atomic E-state index is 11.0. The number of carboxylic acid groups (broad SMARTS) is 1. The maximum atomic E-state index is 11.0. The van der Waals surface area contributed by atoms with E-state index in [1.807, 2.05) is 0 Å². The van der Waals surface area contributed by atoms with Crippen molar-refractivity contribution in [1.82, 2.24) is 10.6 Å². The molecule has 6 nitrogen and oxygen atoms in total. The minimum absolute atomic E-state index is 0.00971. The lowest BCUT2D eigenvalue weighted by Crippen LogP contribution is -2.38. The molecule has 2 amide bonds. The number of carbonyl (C=O) groups excluding carboxylic acids is 1. The third-order valence-corrected chi connectivity index (χ3v) is 1.62. The van der Waals surface area contributed by atoms with Crippen LogP contribution in [0.15, 0.2) is 12.7 Å². The first kappa shape index (κ1) is 13.4. The summed E-state index contributed by atoms with van der Waals surface area (Å²) >= 11 is 0. The van der Waals surface area contributed by atoms with E-state index in [-0.39, 0.29) is 19.0 Å². The Balaban J connectivity index is 3.46. The molecule has 0 saturated heterocycles. The van der Waals surface area contributed by atoms with Gasteiger partial charge in [-0.25, -0.2) is 9.59 Å². The van der Waals surface area contributed by atoms with Gasteiger partial charge < -0.3 is 20.8 Å². The van der Waals surface area contributed by atoms with E-state index < -0.39 is 12.1 Å². The Labute approximate surface area is 88.0 Å². The van der Waals surface area contributed by atoms with E-state index in [9.17, 15) is 9.59 Å². The molecule has 0 aliphatic heterocycles. The third-order valence-electron chi connectivity index (χ3n) is 1.62. The van der Waals surface area contributed by atoms with Crippen molar-refractivity contribution in [1.29, 1.82) is 0 Å². The average molecular weight is 216 g/mol. The molecule has 0 rings (SSSR count). The van der Waals surface area contributed by atoms with E-state index in [4.69, 9.17) is 10.2 Å². The standard InChI is InChI=1S/C9H16N2O4/c1-2-3-5-10-9(15)11-6-4-7(12)8(13)14/h2,7,12H,1,3-6H2,(H,13,14)(H2,10,11,15). The van der Waals surface area contributed by atoms with Gasteiger partial charge in [-0.05, 0) is 6.42 Å². The third kappa shape index (κ3) is 7.51. The highest BCUT2D eigenvalue weighted by atomic mass is 16.4. The SMILES string of the molecule is C=CCCNC(=O)NCCC(O)C(=O)O. The lowest BCUT2D eigenvalue weighted by molar-refractivity contribution is -0.146. The van der Waals surface area contributed by atoms with Gasteiger partial charge in [-0.1, -0.05) is 6.08 Å². The Bertz CT molecular complexity index is 230. The van der Waals surface area contributed by atoms with Crippen LogP contribution in [0.5, 0.6) is 0 Å². The summed E-state index contributed by atoms with van der Waals surface area (Å²) in [6.45, 7) is 4.09. The van der Waals surface area contributed by atoms with Gasteiger partial charge in [0.05, 0.1) is 0 Å². The summed E-state index contributed by atoms with van der Waals surface area (Å²) in [4.78, 5) is 21.2. The van der Waals surface area contributed by atoms with Gasteiger partial charge in [-0.2, -0.15) is 0 Å². The minimum Gasteiger partial charge on any atom is -0.479 e. The first-order chi connectivity index (χ1) is 7.07. The molecule has 0 aromatic heterocycles. The number of carboxylic acids is 1. The van der Waals surface area contributed by atoms with Crippen LogP contribution >= 0.6 is 0 Å². The number of aliphatic carboxylic acids is 1. The zero-order valence-electron chi connectivity index (χ0n) is 8.40. The maximum Gasteiger partial charge on any atom is 0.332 e. The highest BCUT2D eigenvalue weighted by molar-refractivity contribution is 5.74. The molecule has 0 aromatic rings. The molecule has 0 aromatic carbocycles. The number of aliphatic hydroxyl groups is 1. The van der Waals surface area contributed by atoms with Gasteiger partial charge >= 0.3 is 12.0 Å². The normalized spacial score (nSPS) is 11.5. The van der Waals surface area contributed by atoms with Crippen molar-refractivity contribution >= 4 is 12.0 Å². The molecule has 0 bridgehead atoms. The first-order valence-corrected chi connectivity index (χ1v) is 4.61.